The Morgan fingerprint density at radius 1 is 1.43 bits per heavy atom. The molecule has 1 heterocycles. The number of aliphatic hydroxyl groups is 1. The van der Waals surface area contributed by atoms with Crippen LogP contribution in [0.4, 0.5) is 5.69 Å². The Labute approximate surface area is 121 Å². The van der Waals surface area contributed by atoms with Crippen molar-refractivity contribution < 1.29 is 14.8 Å². The molecule has 1 aromatic carbocycles. The van der Waals surface area contributed by atoms with E-state index in [-0.39, 0.29) is 11.6 Å². The van der Waals surface area contributed by atoms with Gasteiger partial charge in [0.05, 0.1) is 18.0 Å². The molecule has 0 spiro atoms. The molecular formula is C15H16N2O4. The van der Waals surface area contributed by atoms with E-state index < -0.39 is 10.5 Å². The van der Waals surface area contributed by atoms with Crippen molar-refractivity contribution in [3.05, 3.63) is 46.0 Å². The summed E-state index contributed by atoms with van der Waals surface area (Å²) in [5.74, 6) is 0.175. The average Bonchev–Trinajstić information content (AvgIpc) is 3.26. The molecule has 0 atom stereocenters. The molecule has 1 N–H and O–H groups in total. The third-order valence-electron chi connectivity index (χ3n) is 4.08. The first-order valence-electron chi connectivity index (χ1n) is 6.92. The van der Waals surface area contributed by atoms with Crippen LogP contribution in [0.25, 0.3) is 6.08 Å². The van der Waals surface area contributed by atoms with Gasteiger partial charge in [0.15, 0.2) is 0 Å². The predicted octanol–water partition coefficient (Wildman–Crippen LogP) is 1.59. The summed E-state index contributed by atoms with van der Waals surface area (Å²) in [4.78, 5) is 23.7. The SMILES string of the molecule is O=C(C=Cc1cccc([N+](=O)[O-])c1)N1CC(O)(C2CC2)C1. The van der Waals surface area contributed by atoms with Gasteiger partial charge >= 0.3 is 0 Å². The number of benzene rings is 1. The van der Waals surface area contributed by atoms with Gasteiger partial charge in [0.1, 0.15) is 5.60 Å². The molecule has 1 amide bonds. The molecule has 0 bridgehead atoms. The normalized spacial score (nSPS) is 20.3. The summed E-state index contributed by atoms with van der Waals surface area (Å²) in [5.41, 5.74) is -0.0816. The zero-order chi connectivity index (χ0) is 15.0. The smallest absolute Gasteiger partial charge is 0.270 e. The number of β-amino-alcohol motifs (C(OH)–C–C–N with tert-alkyl or cyclic N) is 1. The van der Waals surface area contributed by atoms with Crippen LogP contribution in [-0.4, -0.2) is 39.5 Å². The Bertz CT molecular complexity index is 616. The van der Waals surface area contributed by atoms with E-state index in [1.54, 1.807) is 23.1 Å². The number of nitrogens with zero attached hydrogens (tertiary/aromatic N) is 2. The largest absolute Gasteiger partial charge is 0.386 e. The third kappa shape index (κ3) is 2.80. The van der Waals surface area contributed by atoms with Crippen molar-refractivity contribution in [3.8, 4) is 0 Å². The van der Waals surface area contributed by atoms with Crippen LogP contribution in [0, 0.1) is 16.0 Å². The maximum absolute atomic E-state index is 11.9. The maximum Gasteiger partial charge on any atom is 0.270 e. The van der Waals surface area contributed by atoms with Gasteiger partial charge in [-0.15, -0.1) is 0 Å². The van der Waals surface area contributed by atoms with Crippen LogP contribution in [-0.2, 0) is 4.79 Å². The highest BCUT2D eigenvalue weighted by atomic mass is 16.6. The molecule has 6 heteroatoms. The Kier molecular flexibility index (Phi) is 3.25. The van der Waals surface area contributed by atoms with Crippen LogP contribution >= 0.6 is 0 Å². The predicted molar refractivity (Wildman–Crippen MR) is 76.4 cm³/mol. The molecule has 21 heavy (non-hydrogen) atoms. The molecule has 1 aliphatic carbocycles. The highest BCUT2D eigenvalue weighted by Gasteiger charge is 2.52. The van der Waals surface area contributed by atoms with Crippen molar-refractivity contribution in [2.24, 2.45) is 5.92 Å². The molecule has 1 saturated heterocycles. The van der Waals surface area contributed by atoms with Crippen molar-refractivity contribution >= 4 is 17.7 Å². The van der Waals surface area contributed by atoms with Gasteiger partial charge in [0.25, 0.3) is 5.69 Å². The number of likely N-dealkylation sites (tertiary alicyclic amines) is 1. The van der Waals surface area contributed by atoms with Crippen LogP contribution < -0.4 is 0 Å². The van der Waals surface area contributed by atoms with Gasteiger partial charge in [0.2, 0.25) is 5.91 Å². The van der Waals surface area contributed by atoms with Crippen molar-refractivity contribution in [3.63, 3.8) is 0 Å². The fourth-order valence-corrected chi connectivity index (χ4v) is 2.66. The van der Waals surface area contributed by atoms with E-state index >= 15 is 0 Å². The fourth-order valence-electron chi connectivity index (χ4n) is 2.66. The number of amides is 1. The van der Waals surface area contributed by atoms with Gasteiger partial charge in [0, 0.05) is 18.2 Å². The third-order valence-corrected chi connectivity index (χ3v) is 4.08. The standard InChI is InChI=1S/C15H16N2O4/c18-14(16-9-15(19,10-16)12-5-6-12)7-4-11-2-1-3-13(8-11)17(20)21/h1-4,7-8,12,19H,5-6,9-10H2. The molecule has 2 aliphatic rings. The van der Waals surface area contributed by atoms with E-state index in [0.29, 0.717) is 24.6 Å². The lowest BCUT2D eigenvalue weighted by molar-refractivity contribution is -0.384. The van der Waals surface area contributed by atoms with Crippen LogP contribution in [0.2, 0.25) is 0 Å². The first-order chi connectivity index (χ1) is 9.98. The monoisotopic (exact) mass is 288 g/mol. The molecule has 0 aromatic heterocycles. The van der Waals surface area contributed by atoms with Crippen LogP contribution in [0.15, 0.2) is 30.3 Å². The Balaban J connectivity index is 1.60. The fraction of sp³-hybridized carbons (Fsp3) is 0.400. The second-order valence-corrected chi connectivity index (χ2v) is 5.76. The molecule has 0 radical (unpaired) electrons. The molecule has 110 valence electrons. The molecule has 1 saturated carbocycles. The molecule has 1 aromatic rings. The minimum absolute atomic E-state index is 0.00309. The lowest BCUT2D eigenvalue weighted by Crippen LogP contribution is -2.64. The van der Waals surface area contributed by atoms with Crippen molar-refractivity contribution in [2.45, 2.75) is 18.4 Å². The number of nitro benzene ring substituents is 1. The maximum atomic E-state index is 11.9. The number of hydrogen-bond donors (Lipinski definition) is 1. The van der Waals surface area contributed by atoms with Crippen LogP contribution in [0.5, 0.6) is 0 Å². The number of nitro groups is 1. The van der Waals surface area contributed by atoms with Gasteiger partial charge in [-0.25, -0.2) is 0 Å². The van der Waals surface area contributed by atoms with Crippen molar-refractivity contribution in [2.75, 3.05) is 13.1 Å². The van der Waals surface area contributed by atoms with Gasteiger partial charge < -0.3 is 10.0 Å². The Morgan fingerprint density at radius 3 is 2.76 bits per heavy atom. The average molecular weight is 288 g/mol. The topological polar surface area (TPSA) is 83.7 Å². The van der Waals surface area contributed by atoms with Crippen molar-refractivity contribution in [1.82, 2.24) is 4.90 Å². The first-order valence-corrected chi connectivity index (χ1v) is 6.92. The number of hydrogen-bond acceptors (Lipinski definition) is 4. The second kappa shape index (κ2) is 4.96. The van der Waals surface area contributed by atoms with E-state index in [0.717, 1.165) is 12.8 Å². The highest BCUT2D eigenvalue weighted by Crippen LogP contribution is 2.44. The lowest BCUT2D eigenvalue weighted by atomic mass is 9.88. The van der Waals surface area contributed by atoms with Crippen LogP contribution in [0.3, 0.4) is 0 Å². The zero-order valence-electron chi connectivity index (χ0n) is 11.4. The Hall–Kier alpha value is -2.21. The lowest BCUT2D eigenvalue weighted by Gasteiger charge is -2.46. The molecule has 2 fully saturated rings. The summed E-state index contributed by atoms with van der Waals surface area (Å²) in [6.45, 7) is 0.769. The molecule has 0 unspecified atom stereocenters. The number of non-ortho nitro benzene ring substituents is 1. The van der Waals surface area contributed by atoms with Gasteiger partial charge in [-0.1, -0.05) is 12.1 Å². The van der Waals surface area contributed by atoms with E-state index in [9.17, 15) is 20.0 Å². The Morgan fingerprint density at radius 2 is 2.14 bits per heavy atom. The summed E-state index contributed by atoms with van der Waals surface area (Å²) < 4.78 is 0. The highest BCUT2D eigenvalue weighted by molar-refractivity contribution is 5.92. The van der Waals surface area contributed by atoms with Gasteiger partial charge in [-0.3, -0.25) is 14.9 Å². The molecule has 3 rings (SSSR count). The zero-order valence-corrected chi connectivity index (χ0v) is 11.4. The van der Waals surface area contributed by atoms with Crippen LogP contribution in [0.1, 0.15) is 18.4 Å². The first kappa shape index (κ1) is 13.8. The summed E-state index contributed by atoms with van der Waals surface area (Å²) in [5, 5.41) is 20.8. The van der Waals surface area contributed by atoms with Crippen molar-refractivity contribution in [1.29, 1.82) is 0 Å². The summed E-state index contributed by atoms with van der Waals surface area (Å²) in [7, 11) is 0. The van der Waals surface area contributed by atoms with Gasteiger partial charge in [-0.05, 0) is 30.4 Å². The summed E-state index contributed by atoms with van der Waals surface area (Å²) in [6, 6.07) is 6.11. The summed E-state index contributed by atoms with van der Waals surface area (Å²) in [6.07, 6.45) is 5.04. The van der Waals surface area contributed by atoms with E-state index in [2.05, 4.69) is 0 Å². The minimum atomic E-state index is -0.685. The van der Waals surface area contributed by atoms with Gasteiger partial charge in [-0.2, -0.15) is 0 Å². The van der Waals surface area contributed by atoms with E-state index in [1.165, 1.54) is 18.2 Å². The quantitative estimate of drug-likeness (QED) is 0.518. The van der Waals surface area contributed by atoms with E-state index in [1.807, 2.05) is 0 Å². The summed E-state index contributed by atoms with van der Waals surface area (Å²) >= 11 is 0. The minimum Gasteiger partial charge on any atom is -0.386 e. The molecular weight excluding hydrogens is 272 g/mol. The number of rotatable bonds is 4. The van der Waals surface area contributed by atoms with E-state index in [4.69, 9.17) is 0 Å². The number of carbonyl (C=O) groups excluding carboxylic acids is 1. The molecule has 1 aliphatic heterocycles. The molecule has 6 nitrogen and oxygen atoms in total. The second-order valence-electron chi connectivity index (χ2n) is 5.76. The number of carbonyl (C=O) groups is 1.